The van der Waals surface area contributed by atoms with Crippen molar-refractivity contribution in [3.63, 3.8) is 0 Å². The lowest BCUT2D eigenvalue weighted by Crippen LogP contribution is -2.36. The van der Waals surface area contributed by atoms with Gasteiger partial charge < -0.3 is 10.6 Å². The number of halogens is 1. The predicted octanol–water partition coefficient (Wildman–Crippen LogP) is 2.30. The summed E-state index contributed by atoms with van der Waals surface area (Å²) in [6, 6.07) is 8.45. The second kappa shape index (κ2) is 8.38. The van der Waals surface area contributed by atoms with Crippen LogP contribution < -0.4 is 10.6 Å². The van der Waals surface area contributed by atoms with E-state index >= 15 is 0 Å². The Morgan fingerprint density at radius 2 is 2.06 bits per heavy atom. The van der Waals surface area contributed by atoms with Crippen LogP contribution in [0.1, 0.15) is 18.1 Å². The van der Waals surface area contributed by atoms with Crippen LogP contribution in [0.25, 0.3) is 0 Å². The SMILES string of the molecule is CCNC(=NC)NCc1cccc(C)c1.I. The zero-order chi connectivity index (χ0) is 11.1. The molecule has 0 bridgehead atoms. The Labute approximate surface area is 115 Å². The van der Waals surface area contributed by atoms with Crippen LogP contribution in [0.15, 0.2) is 29.3 Å². The van der Waals surface area contributed by atoms with Gasteiger partial charge >= 0.3 is 0 Å². The molecule has 1 aromatic rings. The lowest BCUT2D eigenvalue weighted by molar-refractivity contribution is 0.829. The van der Waals surface area contributed by atoms with Crippen molar-refractivity contribution >= 4 is 29.9 Å². The number of aryl methyl sites for hydroxylation is 1. The summed E-state index contributed by atoms with van der Waals surface area (Å²) in [5.74, 6) is 0.846. The first-order valence-corrected chi connectivity index (χ1v) is 5.26. The number of rotatable bonds is 3. The van der Waals surface area contributed by atoms with E-state index in [0.29, 0.717) is 0 Å². The van der Waals surface area contributed by atoms with Gasteiger partial charge in [-0.25, -0.2) is 0 Å². The molecule has 0 saturated carbocycles. The minimum atomic E-state index is 0. The fraction of sp³-hybridized carbons (Fsp3) is 0.417. The quantitative estimate of drug-likeness (QED) is 0.506. The van der Waals surface area contributed by atoms with Crippen LogP contribution in [-0.4, -0.2) is 19.6 Å². The van der Waals surface area contributed by atoms with Crippen molar-refractivity contribution in [3.8, 4) is 0 Å². The molecule has 0 saturated heterocycles. The Balaban J connectivity index is 0.00000225. The van der Waals surface area contributed by atoms with Gasteiger partial charge in [-0.2, -0.15) is 0 Å². The highest BCUT2D eigenvalue weighted by Crippen LogP contribution is 2.02. The van der Waals surface area contributed by atoms with Gasteiger partial charge in [-0.15, -0.1) is 24.0 Å². The molecule has 0 atom stereocenters. The van der Waals surface area contributed by atoms with E-state index in [-0.39, 0.29) is 24.0 Å². The van der Waals surface area contributed by atoms with Crippen molar-refractivity contribution < 1.29 is 0 Å². The Morgan fingerprint density at radius 3 is 2.62 bits per heavy atom. The molecule has 0 unspecified atom stereocenters. The molecule has 3 nitrogen and oxygen atoms in total. The van der Waals surface area contributed by atoms with Gasteiger partial charge in [0, 0.05) is 20.1 Å². The molecule has 1 rings (SSSR count). The molecule has 0 aliphatic rings. The molecule has 0 spiro atoms. The molecule has 0 aromatic heterocycles. The number of nitrogens with zero attached hydrogens (tertiary/aromatic N) is 1. The van der Waals surface area contributed by atoms with Gasteiger partial charge in [0.15, 0.2) is 5.96 Å². The maximum absolute atomic E-state index is 4.11. The van der Waals surface area contributed by atoms with Crippen molar-refractivity contribution in [3.05, 3.63) is 35.4 Å². The number of aliphatic imine (C=N–C) groups is 1. The Hall–Kier alpha value is -0.780. The van der Waals surface area contributed by atoms with Crippen LogP contribution in [0.3, 0.4) is 0 Å². The summed E-state index contributed by atoms with van der Waals surface area (Å²) in [4.78, 5) is 4.11. The van der Waals surface area contributed by atoms with Crippen molar-refractivity contribution in [2.45, 2.75) is 20.4 Å². The van der Waals surface area contributed by atoms with Crippen LogP contribution in [0, 0.1) is 6.92 Å². The fourth-order valence-electron chi connectivity index (χ4n) is 1.40. The largest absolute Gasteiger partial charge is 0.357 e. The topological polar surface area (TPSA) is 36.4 Å². The molecule has 0 amide bonds. The van der Waals surface area contributed by atoms with E-state index in [0.717, 1.165) is 19.0 Å². The van der Waals surface area contributed by atoms with Crippen LogP contribution >= 0.6 is 24.0 Å². The van der Waals surface area contributed by atoms with E-state index in [4.69, 9.17) is 0 Å². The van der Waals surface area contributed by atoms with E-state index in [1.165, 1.54) is 11.1 Å². The first-order valence-electron chi connectivity index (χ1n) is 5.26. The minimum Gasteiger partial charge on any atom is -0.357 e. The third kappa shape index (κ3) is 5.34. The van der Waals surface area contributed by atoms with Crippen molar-refractivity contribution in [1.29, 1.82) is 0 Å². The van der Waals surface area contributed by atoms with E-state index in [1.54, 1.807) is 7.05 Å². The van der Waals surface area contributed by atoms with E-state index in [1.807, 2.05) is 0 Å². The Kier molecular flexibility index (Phi) is 7.97. The third-order valence-electron chi connectivity index (χ3n) is 2.11. The van der Waals surface area contributed by atoms with Crippen LogP contribution in [-0.2, 0) is 6.54 Å². The molecule has 90 valence electrons. The molecule has 16 heavy (non-hydrogen) atoms. The van der Waals surface area contributed by atoms with Gasteiger partial charge in [-0.1, -0.05) is 29.8 Å². The standard InChI is InChI=1S/C12H19N3.HI/c1-4-14-12(13-3)15-9-11-7-5-6-10(2)8-11;/h5-8H,4,9H2,1-3H3,(H2,13,14,15);1H. The first-order chi connectivity index (χ1) is 7.26. The Morgan fingerprint density at radius 1 is 1.31 bits per heavy atom. The van der Waals surface area contributed by atoms with Gasteiger partial charge in [0.05, 0.1) is 0 Å². The maximum atomic E-state index is 4.11. The van der Waals surface area contributed by atoms with E-state index in [9.17, 15) is 0 Å². The molecule has 2 N–H and O–H groups in total. The molecular weight excluding hydrogens is 313 g/mol. The summed E-state index contributed by atoms with van der Waals surface area (Å²) in [7, 11) is 1.78. The van der Waals surface area contributed by atoms with Crippen molar-refractivity contribution in [1.82, 2.24) is 10.6 Å². The number of hydrogen-bond donors (Lipinski definition) is 2. The highest BCUT2D eigenvalue weighted by molar-refractivity contribution is 14.0. The van der Waals surface area contributed by atoms with E-state index in [2.05, 4.69) is 53.7 Å². The summed E-state index contributed by atoms with van der Waals surface area (Å²) in [6.07, 6.45) is 0. The zero-order valence-electron chi connectivity index (χ0n) is 10.1. The van der Waals surface area contributed by atoms with Gasteiger partial charge in [0.1, 0.15) is 0 Å². The summed E-state index contributed by atoms with van der Waals surface area (Å²) < 4.78 is 0. The van der Waals surface area contributed by atoms with E-state index < -0.39 is 0 Å². The molecule has 0 aliphatic heterocycles. The molecule has 0 radical (unpaired) electrons. The van der Waals surface area contributed by atoms with Gasteiger partial charge in [0.25, 0.3) is 0 Å². The Bertz CT molecular complexity index is 337. The molecule has 0 heterocycles. The summed E-state index contributed by atoms with van der Waals surface area (Å²) >= 11 is 0. The molecular formula is C12H20IN3. The normalized spacial score (nSPS) is 10.6. The maximum Gasteiger partial charge on any atom is 0.191 e. The number of hydrogen-bond acceptors (Lipinski definition) is 1. The smallest absolute Gasteiger partial charge is 0.191 e. The van der Waals surface area contributed by atoms with Crippen LogP contribution in [0.2, 0.25) is 0 Å². The lowest BCUT2D eigenvalue weighted by Gasteiger charge is -2.10. The average molecular weight is 333 g/mol. The van der Waals surface area contributed by atoms with Crippen molar-refractivity contribution in [2.24, 2.45) is 4.99 Å². The van der Waals surface area contributed by atoms with Gasteiger partial charge in [-0.3, -0.25) is 4.99 Å². The fourth-order valence-corrected chi connectivity index (χ4v) is 1.40. The van der Waals surface area contributed by atoms with Crippen molar-refractivity contribution in [2.75, 3.05) is 13.6 Å². The van der Waals surface area contributed by atoms with Gasteiger partial charge in [-0.05, 0) is 19.4 Å². The monoisotopic (exact) mass is 333 g/mol. The number of nitrogens with one attached hydrogen (secondary N) is 2. The summed E-state index contributed by atoms with van der Waals surface area (Å²) in [5, 5.41) is 6.41. The molecule has 0 fully saturated rings. The molecule has 0 aliphatic carbocycles. The summed E-state index contributed by atoms with van der Waals surface area (Å²) in [5.41, 5.74) is 2.56. The van der Waals surface area contributed by atoms with Crippen LogP contribution in [0.5, 0.6) is 0 Å². The minimum absolute atomic E-state index is 0. The summed E-state index contributed by atoms with van der Waals surface area (Å²) in [6.45, 7) is 5.84. The molecule has 4 heteroatoms. The predicted molar refractivity (Wildman–Crippen MR) is 80.5 cm³/mol. The highest BCUT2D eigenvalue weighted by Gasteiger charge is 1.96. The molecule has 1 aromatic carbocycles. The highest BCUT2D eigenvalue weighted by atomic mass is 127. The third-order valence-corrected chi connectivity index (χ3v) is 2.11. The average Bonchev–Trinajstić information content (AvgIpc) is 2.24. The van der Waals surface area contributed by atoms with Gasteiger partial charge in [0.2, 0.25) is 0 Å². The first kappa shape index (κ1) is 15.2. The zero-order valence-corrected chi connectivity index (χ0v) is 12.4. The number of benzene rings is 1. The number of guanidine groups is 1. The van der Waals surface area contributed by atoms with Crippen LogP contribution in [0.4, 0.5) is 0 Å². The lowest BCUT2D eigenvalue weighted by atomic mass is 10.1. The second-order valence-corrected chi connectivity index (χ2v) is 3.45. The second-order valence-electron chi connectivity index (χ2n) is 3.45.